The number of nitrogens with two attached hydrogens (primary N) is 1. The van der Waals surface area contributed by atoms with Gasteiger partial charge in [-0.05, 0) is 25.0 Å². The largest absolute Gasteiger partial charge is 0.506 e. The molecular weight excluding hydrogens is 216 g/mol. The first kappa shape index (κ1) is 10.1. The molecule has 4 nitrogen and oxygen atoms in total. The number of phenols is 1. The van der Waals surface area contributed by atoms with E-state index < -0.39 is 0 Å². The van der Waals surface area contributed by atoms with Crippen molar-refractivity contribution in [3.05, 3.63) is 22.7 Å². The lowest BCUT2D eigenvalue weighted by Crippen LogP contribution is -2.25. The molecule has 1 aliphatic carbocycles. The lowest BCUT2D eigenvalue weighted by atomic mass is 10.1. The van der Waals surface area contributed by atoms with E-state index in [4.69, 9.17) is 17.3 Å². The van der Waals surface area contributed by atoms with Crippen molar-refractivity contribution < 1.29 is 9.90 Å². The number of amides is 1. The maximum atomic E-state index is 11.6. The van der Waals surface area contributed by atoms with Crippen LogP contribution in [0.4, 0.5) is 5.69 Å². The number of nitrogens with one attached hydrogen (secondary N) is 1. The van der Waals surface area contributed by atoms with Gasteiger partial charge in [0.05, 0.1) is 16.3 Å². The summed E-state index contributed by atoms with van der Waals surface area (Å²) in [5.41, 5.74) is 5.85. The van der Waals surface area contributed by atoms with Crippen LogP contribution in [0.2, 0.25) is 5.02 Å². The number of hydrogen-bond donors (Lipinski definition) is 3. The van der Waals surface area contributed by atoms with E-state index >= 15 is 0 Å². The Morgan fingerprint density at radius 3 is 2.80 bits per heavy atom. The average molecular weight is 227 g/mol. The van der Waals surface area contributed by atoms with Crippen LogP contribution in [-0.2, 0) is 0 Å². The Balaban J connectivity index is 2.26. The molecule has 0 atom stereocenters. The van der Waals surface area contributed by atoms with E-state index in [0.717, 1.165) is 12.8 Å². The van der Waals surface area contributed by atoms with Gasteiger partial charge in [0, 0.05) is 6.04 Å². The number of anilines is 1. The molecule has 0 aromatic heterocycles. The topological polar surface area (TPSA) is 75.3 Å². The minimum atomic E-state index is -0.241. The van der Waals surface area contributed by atoms with E-state index in [-0.39, 0.29) is 28.4 Å². The van der Waals surface area contributed by atoms with E-state index in [1.54, 1.807) is 0 Å². The fraction of sp³-hybridized carbons (Fsp3) is 0.300. The summed E-state index contributed by atoms with van der Waals surface area (Å²) in [6.45, 7) is 0. The molecule has 1 saturated carbocycles. The molecule has 0 aliphatic heterocycles. The molecule has 0 unspecified atom stereocenters. The maximum Gasteiger partial charge on any atom is 0.253 e. The number of halogens is 1. The van der Waals surface area contributed by atoms with Crippen molar-refractivity contribution in [3.8, 4) is 5.75 Å². The number of rotatable bonds is 2. The van der Waals surface area contributed by atoms with Gasteiger partial charge >= 0.3 is 0 Å². The first-order valence-corrected chi connectivity index (χ1v) is 5.05. The number of aromatic hydroxyl groups is 1. The Morgan fingerprint density at radius 1 is 1.53 bits per heavy atom. The number of hydrogen-bond acceptors (Lipinski definition) is 3. The maximum absolute atomic E-state index is 11.6. The molecular formula is C10H11ClN2O2. The second kappa shape index (κ2) is 3.62. The predicted octanol–water partition coefficient (Wildman–Crippen LogP) is 1.52. The van der Waals surface area contributed by atoms with Gasteiger partial charge in [-0.3, -0.25) is 4.79 Å². The van der Waals surface area contributed by atoms with Gasteiger partial charge in [-0.2, -0.15) is 0 Å². The highest BCUT2D eigenvalue weighted by Gasteiger charge is 2.25. The molecule has 0 saturated heterocycles. The van der Waals surface area contributed by atoms with Gasteiger partial charge in [-0.1, -0.05) is 11.6 Å². The molecule has 1 aliphatic rings. The monoisotopic (exact) mass is 226 g/mol. The van der Waals surface area contributed by atoms with E-state index in [2.05, 4.69) is 5.32 Å². The van der Waals surface area contributed by atoms with Crippen molar-refractivity contribution in [1.29, 1.82) is 0 Å². The van der Waals surface area contributed by atoms with Crippen LogP contribution in [0.25, 0.3) is 0 Å². The first-order chi connectivity index (χ1) is 7.09. The quantitative estimate of drug-likeness (QED) is 0.529. The van der Waals surface area contributed by atoms with Gasteiger partial charge < -0.3 is 16.2 Å². The Kier molecular flexibility index (Phi) is 2.44. The summed E-state index contributed by atoms with van der Waals surface area (Å²) in [6, 6.07) is 3.10. The van der Waals surface area contributed by atoms with E-state index in [1.165, 1.54) is 12.1 Å². The molecule has 5 heteroatoms. The summed E-state index contributed by atoms with van der Waals surface area (Å²) in [7, 11) is 0. The van der Waals surface area contributed by atoms with Gasteiger partial charge in [-0.15, -0.1) is 0 Å². The second-order valence-corrected chi connectivity index (χ2v) is 3.99. The summed E-state index contributed by atoms with van der Waals surface area (Å²) >= 11 is 5.85. The molecule has 1 fully saturated rings. The Morgan fingerprint density at radius 2 is 2.20 bits per heavy atom. The molecule has 0 spiro atoms. The zero-order valence-corrected chi connectivity index (χ0v) is 8.71. The SMILES string of the molecule is Nc1c(O)ccc(C(=O)NC2CC2)c1Cl. The summed E-state index contributed by atoms with van der Waals surface area (Å²) in [5, 5.41) is 12.2. The Labute approximate surface area is 92.0 Å². The Bertz CT molecular complexity index is 416. The molecule has 4 N–H and O–H groups in total. The molecule has 0 radical (unpaired) electrons. The van der Waals surface area contributed by atoms with Crippen molar-refractivity contribution in [1.82, 2.24) is 5.32 Å². The van der Waals surface area contributed by atoms with E-state index in [9.17, 15) is 9.90 Å². The zero-order valence-electron chi connectivity index (χ0n) is 7.96. The van der Waals surface area contributed by atoms with Crippen LogP contribution in [-0.4, -0.2) is 17.1 Å². The van der Waals surface area contributed by atoms with Crippen LogP contribution in [0.3, 0.4) is 0 Å². The number of carbonyl (C=O) groups is 1. The lowest BCUT2D eigenvalue weighted by Gasteiger charge is -2.08. The summed E-state index contributed by atoms with van der Waals surface area (Å²) in [5.74, 6) is -0.350. The number of phenolic OH excluding ortho intramolecular Hbond substituents is 1. The highest BCUT2D eigenvalue weighted by atomic mass is 35.5. The van der Waals surface area contributed by atoms with E-state index in [0.29, 0.717) is 5.56 Å². The summed E-state index contributed by atoms with van der Waals surface area (Å²) < 4.78 is 0. The van der Waals surface area contributed by atoms with Gasteiger partial charge in [0.15, 0.2) is 0 Å². The van der Waals surface area contributed by atoms with Crippen LogP contribution in [0, 0.1) is 0 Å². The van der Waals surface area contributed by atoms with Gasteiger partial charge in [0.2, 0.25) is 0 Å². The highest BCUT2D eigenvalue weighted by molar-refractivity contribution is 6.36. The van der Waals surface area contributed by atoms with Gasteiger partial charge in [0.25, 0.3) is 5.91 Å². The van der Waals surface area contributed by atoms with Crippen molar-refractivity contribution in [2.75, 3.05) is 5.73 Å². The van der Waals surface area contributed by atoms with Crippen LogP contribution in [0.15, 0.2) is 12.1 Å². The number of nitrogen functional groups attached to an aromatic ring is 1. The first-order valence-electron chi connectivity index (χ1n) is 4.67. The number of benzene rings is 1. The molecule has 0 bridgehead atoms. The standard InChI is InChI=1S/C10H11ClN2O2/c11-8-6(3-4-7(14)9(8)12)10(15)13-5-1-2-5/h3-5,14H,1-2,12H2,(H,13,15). The highest BCUT2D eigenvalue weighted by Crippen LogP contribution is 2.32. The van der Waals surface area contributed by atoms with Crippen LogP contribution < -0.4 is 11.1 Å². The van der Waals surface area contributed by atoms with Crippen molar-refractivity contribution in [3.63, 3.8) is 0 Å². The van der Waals surface area contributed by atoms with Crippen LogP contribution in [0.5, 0.6) is 5.75 Å². The second-order valence-electron chi connectivity index (χ2n) is 3.61. The minimum absolute atomic E-state index is 0.0418. The average Bonchev–Trinajstić information content (AvgIpc) is 2.98. The Hall–Kier alpha value is -1.42. The van der Waals surface area contributed by atoms with Crippen LogP contribution >= 0.6 is 11.6 Å². The third kappa shape index (κ3) is 1.99. The minimum Gasteiger partial charge on any atom is -0.506 e. The zero-order chi connectivity index (χ0) is 11.0. The lowest BCUT2D eigenvalue weighted by molar-refractivity contribution is 0.0951. The molecule has 80 valence electrons. The summed E-state index contributed by atoms with van der Waals surface area (Å²) in [4.78, 5) is 11.6. The van der Waals surface area contributed by atoms with Crippen LogP contribution in [0.1, 0.15) is 23.2 Å². The van der Waals surface area contributed by atoms with Crippen molar-refractivity contribution in [2.24, 2.45) is 0 Å². The third-order valence-electron chi connectivity index (χ3n) is 2.31. The smallest absolute Gasteiger partial charge is 0.253 e. The molecule has 15 heavy (non-hydrogen) atoms. The van der Waals surface area contributed by atoms with Crippen molar-refractivity contribution in [2.45, 2.75) is 18.9 Å². The van der Waals surface area contributed by atoms with Gasteiger partial charge in [0.1, 0.15) is 5.75 Å². The molecule has 1 amide bonds. The molecule has 1 aromatic rings. The van der Waals surface area contributed by atoms with E-state index in [1.807, 2.05) is 0 Å². The molecule has 1 aromatic carbocycles. The fourth-order valence-corrected chi connectivity index (χ4v) is 1.49. The fourth-order valence-electron chi connectivity index (χ4n) is 1.25. The third-order valence-corrected chi connectivity index (χ3v) is 2.72. The normalized spacial score (nSPS) is 15.0. The van der Waals surface area contributed by atoms with Crippen molar-refractivity contribution >= 4 is 23.2 Å². The van der Waals surface area contributed by atoms with Gasteiger partial charge in [-0.25, -0.2) is 0 Å². The number of carbonyl (C=O) groups excluding carboxylic acids is 1. The summed E-state index contributed by atoms with van der Waals surface area (Å²) in [6.07, 6.45) is 2.02. The molecule has 2 rings (SSSR count). The predicted molar refractivity (Wildman–Crippen MR) is 58.0 cm³/mol. The molecule has 0 heterocycles.